The predicted molar refractivity (Wildman–Crippen MR) is 71.5 cm³/mol. The number of rotatable bonds is 3. The van der Waals surface area contributed by atoms with Crippen molar-refractivity contribution >= 4 is 44.9 Å². The monoisotopic (exact) mass is 319 g/mol. The second-order valence-corrected chi connectivity index (χ2v) is 5.84. The molecule has 100 valence electrons. The molecule has 0 spiro atoms. The van der Waals surface area contributed by atoms with Gasteiger partial charge in [-0.25, -0.2) is 18.1 Å². The molecule has 0 fully saturated rings. The predicted octanol–water partition coefficient (Wildman–Crippen LogP) is 1.56. The van der Waals surface area contributed by atoms with Crippen LogP contribution in [-0.4, -0.2) is 23.6 Å². The lowest BCUT2D eigenvalue weighted by Crippen LogP contribution is -2.17. The maximum Gasteiger partial charge on any atom is 0.267 e. The van der Waals surface area contributed by atoms with Gasteiger partial charge in [-0.15, -0.1) is 5.10 Å². The Morgan fingerprint density at radius 1 is 1.21 bits per heavy atom. The molecule has 2 aromatic rings. The van der Waals surface area contributed by atoms with E-state index >= 15 is 0 Å². The molecule has 0 aliphatic carbocycles. The van der Waals surface area contributed by atoms with Crippen LogP contribution in [0.3, 0.4) is 0 Å². The fourth-order valence-electron chi connectivity index (χ4n) is 1.33. The molecule has 19 heavy (non-hydrogen) atoms. The van der Waals surface area contributed by atoms with E-state index in [1.165, 1.54) is 24.5 Å². The molecule has 0 aliphatic heterocycles. The van der Waals surface area contributed by atoms with E-state index < -0.39 is 10.0 Å². The van der Waals surface area contributed by atoms with Crippen molar-refractivity contribution in [2.45, 2.75) is 4.90 Å². The number of aromatic nitrogens is 3. The number of halogens is 2. The molecule has 0 atom stereocenters. The van der Waals surface area contributed by atoms with Crippen LogP contribution in [0.15, 0.2) is 29.4 Å². The van der Waals surface area contributed by atoms with Crippen LogP contribution in [0.5, 0.6) is 0 Å². The number of hydrogen-bond acceptors (Lipinski definition) is 6. The number of nitrogens with zero attached hydrogens (tertiary/aromatic N) is 3. The van der Waals surface area contributed by atoms with Crippen LogP contribution in [-0.2, 0) is 10.0 Å². The highest BCUT2D eigenvalue weighted by atomic mass is 35.5. The number of nitrogens with two attached hydrogens (primary N) is 1. The van der Waals surface area contributed by atoms with Gasteiger partial charge < -0.3 is 5.73 Å². The maximum atomic E-state index is 12.1. The van der Waals surface area contributed by atoms with E-state index in [2.05, 4.69) is 19.9 Å². The highest BCUT2D eigenvalue weighted by Gasteiger charge is 2.23. The Bertz CT molecular complexity index is 685. The standard InChI is InChI=1S/C9H7Cl2N5O2S/c10-5-3-6(11)8(7(12)4-5)19(17,18)16-9-13-1-2-14-15-9/h1-4H,12H2,(H,13,15,16). The van der Waals surface area contributed by atoms with Crippen molar-refractivity contribution in [3.05, 3.63) is 34.6 Å². The van der Waals surface area contributed by atoms with Crippen molar-refractivity contribution in [2.24, 2.45) is 0 Å². The first-order valence-corrected chi connectivity index (χ1v) is 7.05. The molecular weight excluding hydrogens is 313 g/mol. The molecule has 0 saturated heterocycles. The van der Waals surface area contributed by atoms with Gasteiger partial charge in [0, 0.05) is 5.02 Å². The fourth-order valence-corrected chi connectivity index (χ4v) is 3.26. The van der Waals surface area contributed by atoms with Gasteiger partial charge in [-0.05, 0) is 12.1 Å². The number of nitrogen functional groups attached to an aromatic ring is 1. The molecule has 0 radical (unpaired) electrons. The molecule has 1 aromatic carbocycles. The molecule has 0 unspecified atom stereocenters. The van der Waals surface area contributed by atoms with E-state index in [9.17, 15) is 8.42 Å². The molecule has 0 saturated carbocycles. The average molecular weight is 320 g/mol. The van der Waals surface area contributed by atoms with Crippen LogP contribution < -0.4 is 10.5 Å². The number of hydrogen-bond donors (Lipinski definition) is 2. The van der Waals surface area contributed by atoms with Crippen LogP contribution in [0, 0.1) is 0 Å². The molecule has 0 amide bonds. The van der Waals surface area contributed by atoms with E-state index in [0.717, 1.165) is 0 Å². The second kappa shape index (κ2) is 5.16. The molecule has 1 heterocycles. The van der Waals surface area contributed by atoms with E-state index in [-0.39, 0.29) is 26.6 Å². The van der Waals surface area contributed by atoms with E-state index in [1.807, 2.05) is 0 Å². The minimum atomic E-state index is -4.02. The first kappa shape index (κ1) is 13.8. The highest BCUT2D eigenvalue weighted by Crippen LogP contribution is 2.31. The fraction of sp³-hybridized carbons (Fsp3) is 0. The van der Waals surface area contributed by atoms with Gasteiger partial charge in [0.2, 0.25) is 0 Å². The summed E-state index contributed by atoms with van der Waals surface area (Å²) in [5.41, 5.74) is 5.54. The number of benzene rings is 1. The van der Waals surface area contributed by atoms with E-state index in [0.29, 0.717) is 0 Å². The van der Waals surface area contributed by atoms with Gasteiger partial charge in [0.15, 0.2) is 0 Å². The van der Waals surface area contributed by atoms with Crippen LogP contribution in [0.2, 0.25) is 10.0 Å². The Hall–Kier alpha value is -1.64. The van der Waals surface area contributed by atoms with Gasteiger partial charge >= 0.3 is 0 Å². The van der Waals surface area contributed by atoms with Crippen LogP contribution in [0.4, 0.5) is 11.6 Å². The van der Waals surface area contributed by atoms with Gasteiger partial charge in [-0.2, -0.15) is 5.10 Å². The Labute approximate surface area is 118 Å². The molecule has 1 aromatic heterocycles. The van der Waals surface area contributed by atoms with Crippen LogP contribution >= 0.6 is 23.2 Å². The van der Waals surface area contributed by atoms with Crippen molar-refractivity contribution < 1.29 is 8.42 Å². The molecule has 3 N–H and O–H groups in total. The molecular formula is C9H7Cl2N5O2S. The third-order valence-electron chi connectivity index (χ3n) is 2.01. The summed E-state index contributed by atoms with van der Waals surface area (Å²) < 4.78 is 26.4. The quantitative estimate of drug-likeness (QED) is 0.830. The summed E-state index contributed by atoms with van der Waals surface area (Å²) in [7, 11) is -4.02. The number of anilines is 2. The summed E-state index contributed by atoms with van der Waals surface area (Å²) >= 11 is 11.6. The zero-order chi connectivity index (χ0) is 14.0. The molecule has 7 nitrogen and oxygen atoms in total. The lowest BCUT2D eigenvalue weighted by atomic mass is 10.3. The van der Waals surface area contributed by atoms with Crippen LogP contribution in [0.1, 0.15) is 0 Å². The molecule has 0 bridgehead atoms. The Morgan fingerprint density at radius 2 is 1.95 bits per heavy atom. The van der Waals surface area contributed by atoms with Gasteiger partial charge in [0.1, 0.15) is 4.90 Å². The van der Waals surface area contributed by atoms with Crippen LogP contribution in [0.25, 0.3) is 0 Å². The molecule has 10 heteroatoms. The van der Waals surface area contributed by atoms with Crippen molar-refractivity contribution in [1.29, 1.82) is 0 Å². The summed E-state index contributed by atoms with van der Waals surface area (Å²) in [4.78, 5) is 3.41. The minimum Gasteiger partial charge on any atom is -0.398 e. The van der Waals surface area contributed by atoms with Crippen molar-refractivity contribution in [1.82, 2.24) is 15.2 Å². The number of sulfonamides is 1. The summed E-state index contributed by atoms with van der Waals surface area (Å²) in [5.74, 6) is -0.187. The Balaban J connectivity index is 2.46. The summed E-state index contributed by atoms with van der Waals surface area (Å²) in [6, 6.07) is 2.56. The average Bonchev–Trinajstić information content (AvgIpc) is 2.27. The normalized spacial score (nSPS) is 11.3. The van der Waals surface area contributed by atoms with Gasteiger partial charge in [-0.1, -0.05) is 23.2 Å². The Morgan fingerprint density at radius 3 is 2.53 bits per heavy atom. The first-order chi connectivity index (χ1) is 8.90. The largest absolute Gasteiger partial charge is 0.398 e. The smallest absolute Gasteiger partial charge is 0.267 e. The molecule has 0 aliphatic rings. The Kier molecular flexibility index (Phi) is 3.74. The van der Waals surface area contributed by atoms with E-state index in [4.69, 9.17) is 28.9 Å². The van der Waals surface area contributed by atoms with E-state index in [1.54, 1.807) is 0 Å². The summed E-state index contributed by atoms with van der Waals surface area (Å²) in [6.07, 6.45) is 2.60. The van der Waals surface area contributed by atoms with Crippen molar-refractivity contribution in [2.75, 3.05) is 10.5 Å². The molecule has 2 rings (SSSR count). The SMILES string of the molecule is Nc1cc(Cl)cc(Cl)c1S(=O)(=O)Nc1nccnn1. The highest BCUT2D eigenvalue weighted by molar-refractivity contribution is 7.93. The first-order valence-electron chi connectivity index (χ1n) is 4.81. The summed E-state index contributed by atoms with van der Waals surface area (Å²) in [5, 5.41) is 7.14. The van der Waals surface area contributed by atoms with Gasteiger partial charge in [-0.3, -0.25) is 0 Å². The maximum absolute atomic E-state index is 12.1. The third-order valence-corrected chi connectivity index (χ3v) is 4.09. The number of nitrogens with one attached hydrogen (secondary N) is 1. The second-order valence-electron chi connectivity index (χ2n) is 3.38. The minimum absolute atomic E-state index is 0.0751. The van der Waals surface area contributed by atoms with Gasteiger partial charge in [0.25, 0.3) is 16.0 Å². The third kappa shape index (κ3) is 3.03. The lowest BCUT2D eigenvalue weighted by Gasteiger charge is -2.10. The van der Waals surface area contributed by atoms with Gasteiger partial charge in [0.05, 0.1) is 23.1 Å². The zero-order valence-corrected chi connectivity index (χ0v) is 11.5. The zero-order valence-electron chi connectivity index (χ0n) is 9.21. The topological polar surface area (TPSA) is 111 Å². The van der Waals surface area contributed by atoms with Crippen molar-refractivity contribution in [3.8, 4) is 0 Å². The summed E-state index contributed by atoms with van der Waals surface area (Å²) in [6.45, 7) is 0. The van der Waals surface area contributed by atoms with Crippen molar-refractivity contribution in [3.63, 3.8) is 0 Å². The lowest BCUT2D eigenvalue weighted by molar-refractivity contribution is 0.601.